The van der Waals surface area contributed by atoms with E-state index < -0.39 is 11.9 Å². The van der Waals surface area contributed by atoms with Crippen molar-refractivity contribution in [3.05, 3.63) is 70.8 Å². The number of amides is 3. The first kappa shape index (κ1) is 18.3. The normalized spacial score (nSPS) is 10.3. The summed E-state index contributed by atoms with van der Waals surface area (Å²) in [5.41, 5.74) is 5.96. The van der Waals surface area contributed by atoms with Gasteiger partial charge in [0, 0.05) is 10.7 Å². The van der Waals surface area contributed by atoms with Gasteiger partial charge in [-0.3, -0.25) is 10.2 Å². The van der Waals surface area contributed by atoms with E-state index in [4.69, 9.17) is 11.6 Å². The van der Waals surface area contributed by atoms with E-state index in [-0.39, 0.29) is 11.5 Å². The first-order valence-corrected chi connectivity index (χ1v) is 8.13. The van der Waals surface area contributed by atoms with Gasteiger partial charge in [-0.2, -0.15) is 0 Å². The van der Waals surface area contributed by atoms with Crippen LogP contribution >= 0.6 is 11.6 Å². The first-order chi connectivity index (χ1) is 12.9. The molecule has 3 aromatic rings. The average Bonchev–Trinajstić information content (AvgIpc) is 3.04. The van der Waals surface area contributed by atoms with Crippen LogP contribution in [-0.4, -0.2) is 26.9 Å². The SMILES string of the molecule is Cc1c(C(=O)NNC(=O)Nc2ccc(Cl)cc2)nnn1-c1ccc(F)cc1. The molecule has 0 aliphatic rings. The molecule has 0 aliphatic carbocycles. The molecule has 0 aliphatic heterocycles. The maximum atomic E-state index is 13.0. The van der Waals surface area contributed by atoms with E-state index in [0.717, 1.165) is 0 Å². The molecule has 3 rings (SSSR count). The van der Waals surface area contributed by atoms with Gasteiger partial charge in [-0.05, 0) is 55.5 Å². The molecule has 0 atom stereocenters. The smallest absolute Gasteiger partial charge is 0.307 e. The Kier molecular flexibility index (Phi) is 5.32. The standard InChI is InChI=1S/C17H14ClFN6O2/c1-10-15(21-24-25(10)14-8-4-12(19)5-9-14)16(26)22-23-17(27)20-13-6-2-11(18)3-7-13/h2-9H,1H3,(H,22,26)(H2,20,23,27). The van der Waals surface area contributed by atoms with Gasteiger partial charge in [0.05, 0.1) is 11.4 Å². The van der Waals surface area contributed by atoms with Gasteiger partial charge in [0.15, 0.2) is 5.69 Å². The maximum Gasteiger partial charge on any atom is 0.337 e. The highest BCUT2D eigenvalue weighted by Gasteiger charge is 2.18. The molecule has 8 nitrogen and oxygen atoms in total. The molecule has 138 valence electrons. The molecular formula is C17H14ClFN6O2. The zero-order valence-corrected chi connectivity index (χ0v) is 14.8. The minimum atomic E-state index is -0.646. The van der Waals surface area contributed by atoms with E-state index in [1.165, 1.54) is 28.9 Å². The van der Waals surface area contributed by atoms with Crippen molar-refractivity contribution in [2.75, 3.05) is 5.32 Å². The Hall–Kier alpha value is -3.46. The molecule has 27 heavy (non-hydrogen) atoms. The molecule has 0 unspecified atom stereocenters. The van der Waals surface area contributed by atoms with Crippen LogP contribution in [0.3, 0.4) is 0 Å². The van der Waals surface area contributed by atoms with Crippen LogP contribution in [0.15, 0.2) is 48.5 Å². The lowest BCUT2D eigenvalue weighted by molar-refractivity contribution is 0.0932. The zero-order valence-electron chi connectivity index (χ0n) is 14.0. The van der Waals surface area contributed by atoms with Crippen LogP contribution in [0.2, 0.25) is 5.02 Å². The fourth-order valence-electron chi connectivity index (χ4n) is 2.23. The lowest BCUT2D eigenvalue weighted by Crippen LogP contribution is -2.44. The molecule has 1 heterocycles. The number of carbonyl (C=O) groups is 2. The van der Waals surface area contributed by atoms with Gasteiger partial charge in [0.2, 0.25) is 0 Å². The van der Waals surface area contributed by atoms with E-state index >= 15 is 0 Å². The summed E-state index contributed by atoms with van der Waals surface area (Å²) >= 11 is 5.77. The Balaban J connectivity index is 1.62. The van der Waals surface area contributed by atoms with Gasteiger partial charge in [-0.15, -0.1) is 5.10 Å². The summed E-state index contributed by atoms with van der Waals surface area (Å²) < 4.78 is 14.4. The number of carbonyl (C=O) groups excluding carboxylic acids is 2. The number of rotatable bonds is 3. The maximum absolute atomic E-state index is 13.0. The largest absolute Gasteiger partial charge is 0.337 e. The number of urea groups is 1. The van der Waals surface area contributed by atoms with Gasteiger partial charge in [0.1, 0.15) is 5.82 Å². The molecule has 0 spiro atoms. The summed E-state index contributed by atoms with van der Waals surface area (Å²) in [5.74, 6) is -1.03. The molecular weight excluding hydrogens is 375 g/mol. The van der Waals surface area contributed by atoms with Crippen molar-refractivity contribution in [2.24, 2.45) is 0 Å². The van der Waals surface area contributed by atoms with E-state index in [0.29, 0.717) is 22.1 Å². The van der Waals surface area contributed by atoms with Gasteiger partial charge in [0.25, 0.3) is 5.91 Å². The van der Waals surface area contributed by atoms with E-state index in [9.17, 15) is 14.0 Å². The van der Waals surface area contributed by atoms with Crippen LogP contribution in [0, 0.1) is 12.7 Å². The molecule has 1 aromatic heterocycles. The Morgan fingerprint density at radius 1 is 1.04 bits per heavy atom. The number of nitrogens with one attached hydrogen (secondary N) is 3. The lowest BCUT2D eigenvalue weighted by atomic mass is 10.3. The van der Waals surface area contributed by atoms with Crippen LogP contribution < -0.4 is 16.2 Å². The van der Waals surface area contributed by atoms with Crippen molar-refractivity contribution in [3.8, 4) is 5.69 Å². The van der Waals surface area contributed by atoms with E-state index in [1.807, 2.05) is 0 Å². The third kappa shape index (κ3) is 4.39. The van der Waals surface area contributed by atoms with Crippen molar-refractivity contribution >= 4 is 29.2 Å². The quantitative estimate of drug-likeness (QED) is 0.600. The van der Waals surface area contributed by atoms with Crippen molar-refractivity contribution in [2.45, 2.75) is 6.92 Å². The molecule has 0 saturated carbocycles. The van der Waals surface area contributed by atoms with Crippen LogP contribution in [0.4, 0.5) is 14.9 Å². The second kappa shape index (κ2) is 7.83. The predicted molar refractivity (Wildman–Crippen MR) is 97.1 cm³/mol. The van der Waals surface area contributed by atoms with Crippen LogP contribution in [-0.2, 0) is 0 Å². The topological polar surface area (TPSA) is 101 Å². The van der Waals surface area contributed by atoms with E-state index in [1.54, 1.807) is 31.2 Å². The highest BCUT2D eigenvalue weighted by Crippen LogP contribution is 2.14. The number of halogens is 2. The monoisotopic (exact) mass is 388 g/mol. The Morgan fingerprint density at radius 2 is 1.70 bits per heavy atom. The zero-order chi connectivity index (χ0) is 19.4. The minimum absolute atomic E-state index is 0.0196. The molecule has 0 saturated heterocycles. The van der Waals surface area contributed by atoms with E-state index in [2.05, 4.69) is 26.5 Å². The van der Waals surface area contributed by atoms with Crippen LogP contribution in [0.25, 0.3) is 5.69 Å². The van der Waals surface area contributed by atoms with Crippen molar-refractivity contribution in [1.82, 2.24) is 25.8 Å². The molecule has 0 fully saturated rings. The minimum Gasteiger partial charge on any atom is -0.307 e. The van der Waals surface area contributed by atoms with Gasteiger partial charge in [-0.1, -0.05) is 16.8 Å². The van der Waals surface area contributed by atoms with Crippen LogP contribution in [0.5, 0.6) is 0 Å². The number of nitrogens with zero attached hydrogens (tertiary/aromatic N) is 3. The number of hydrazine groups is 1. The number of anilines is 1. The summed E-state index contributed by atoms with van der Waals surface area (Å²) in [7, 11) is 0. The summed E-state index contributed by atoms with van der Waals surface area (Å²) in [6, 6.07) is 11.4. The summed E-state index contributed by atoms with van der Waals surface area (Å²) in [6.45, 7) is 1.63. The van der Waals surface area contributed by atoms with Crippen molar-refractivity contribution in [3.63, 3.8) is 0 Å². The van der Waals surface area contributed by atoms with Gasteiger partial charge < -0.3 is 5.32 Å². The molecule has 3 N–H and O–H groups in total. The summed E-state index contributed by atoms with van der Waals surface area (Å²) in [6.07, 6.45) is 0. The average molecular weight is 389 g/mol. The third-order valence-electron chi connectivity index (χ3n) is 3.57. The summed E-state index contributed by atoms with van der Waals surface area (Å²) in [5, 5.41) is 10.8. The molecule has 0 bridgehead atoms. The Bertz CT molecular complexity index is 972. The molecule has 0 radical (unpaired) electrons. The lowest BCUT2D eigenvalue weighted by Gasteiger charge is -2.08. The summed E-state index contributed by atoms with van der Waals surface area (Å²) in [4.78, 5) is 24.0. The van der Waals surface area contributed by atoms with Gasteiger partial charge in [-0.25, -0.2) is 19.3 Å². The van der Waals surface area contributed by atoms with Gasteiger partial charge >= 0.3 is 6.03 Å². The second-order valence-electron chi connectivity index (χ2n) is 5.45. The Morgan fingerprint density at radius 3 is 2.37 bits per heavy atom. The molecule has 10 heteroatoms. The number of benzene rings is 2. The number of hydrogen-bond donors (Lipinski definition) is 3. The fraction of sp³-hybridized carbons (Fsp3) is 0.0588. The van der Waals surface area contributed by atoms with Crippen molar-refractivity contribution in [1.29, 1.82) is 0 Å². The van der Waals surface area contributed by atoms with Crippen LogP contribution in [0.1, 0.15) is 16.2 Å². The number of hydrogen-bond acceptors (Lipinski definition) is 4. The molecule has 2 aromatic carbocycles. The predicted octanol–water partition coefficient (Wildman–Crippen LogP) is 2.83. The second-order valence-corrected chi connectivity index (χ2v) is 5.89. The van der Waals surface area contributed by atoms with Crippen molar-refractivity contribution < 1.29 is 14.0 Å². The highest BCUT2D eigenvalue weighted by atomic mass is 35.5. The third-order valence-corrected chi connectivity index (χ3v) is 3.82. The fourth-order valence-corrected chi connectivity index (χ4v) is 2.36. The number of aromatic nitrogens is 3. The molecule has 3 amide bonds. The highest BCUT2D eigenvalue weighted by molar-refractivity contribution is 6.30. The Labute approximate surface area is 158 Å². The first-order valence-electron chi connectivity index (χ1n) is 7.75.